The molecule has 2 N–H and O–H groups in total. The van der Waals surface area contributed by atoms with E-state index in [0.29, 0.717) is 0 Å². The Balaban J connectivity index is 0.00000157. The Hall–Kier alpha value is -2.29. The molecule has 4 aromatic rings. The van der Waals surface area contributed by atoms with E-state index in [1.54, 1.807) is 0 Å². The quantitative estimate of drug-likeness (QED) is 0.492. The molecule has 2 heterocycles. The molecule has 5 rings (SSSR count). The van der Waals surface area contributed by atoms with Crippen LogP contribution in [-0.2, 0) is 12.8 Å². The number of aromatic amines is 1. The summed E-state index contributed by atoms with van der Waals surface area (Å²) >= 11 is 0. The first kappa shape index (κ1) is 16.2. The maximum atomic E-state index is 3.66. The van der Waals surface area contributed by atoms with Crippen LogP contribution in [0.25, 0.3) is 32.8 Å². The van der Waals surface area contributed by atoms with Crippen LogP contribution in [0.5, 0.6) is 0 Å². The lowest BCUT2D eigenvalue weighted by Crippen LogP contribution is -2.16. The molecule has 0 saturated heterocycles. The van der Waals surface area contributed by atoms with Crippen molar-refractivity contribution in [3.63, 3.8) is 0 Å². The van der Waals surface area contributed by atoms with Crippen molar-refractivity contribution in [1.29, 1.82) is 0 Å². The molecule has 1 aliphatic rings. The SMILES string of the molecule is Cl.c1ccc2cc(-c3cccc4[nH]c5c(c34)CCNCC5)ccc2c1. The maximum Gasteiger partial charge on any atom is 0.0465 e. The number of fused-ring (bicyclic) bond motifs is 4. The van der Waals surface area contributed by atoms with E-state index in [2.05, 4.69) is 71.0 Å². The van der Waals surface area contributed by atoms with E-state index < -0.39 is 0 Å². The maximum absolute atomic E-state index is 3.66. The fraction of sp³-hybridized carbons (Fsp3) is 0.182. The molecule has 0 bridgehead atoms. The van der Waals surface area contributed by atoms with Gasteiger partial charge >= 0.3 is 0 Å². The normalized spacial score (nSPS) is 14.1. The topological polar surface area (TPSA) is 27.8 Å². The highest BCUT2D eigenvalue weighted by molar-refractivity contribution is 6.00. The molecule has 0 atom stereocenters. The van der Waals surface area contributed by atoms with Crippen molar-refractivity contribution >= 4 is 34.1 Å². The second kappa shape index (κ2) is 6.55. The molecule has 25 heavy (non-hydrogen) atoms. The lowest BCUT2D eigenvalue weighted by atomic mass is 9.95. The summed E-state index contributed by atoms with van der Waals surface area (Å²) < 4.78 is 0. The molecule has 3 aromatic carbocycles. The molecule has 0 unspecified atom stereocenters. The Bertz CT molecular complexity index is 1050. The number of hydrogen-bond acceptors (Lipinski definition) is 1. The van der Waals surface area contributed by atoms with Gasteiger partial charge in [-0.1, -0.05) is 48.5 Å². The number of benzene rings is 3. The van der Waals surface area contributed by atoms with Gasteiger partial charge in [-0.25, -0.2) is 0 Å². The van der Waals surface area contributed by atoms with Crippen molar-refractivity contribution in [3.8, 4) is 11.1 Å². The van der Waals surface area contributed by atoms with Crippen LogP contribution in [0.4, 0.5) is 0 Å². The summed E-state index contributed by atoms with van der Waals surface area (Å²) in [6, 6.07) is 22.0. The van der Waals surface area contributed by atoms with Gasteiger partial charge < -0.3 is 10.3 Å². The third-order valence-corrected chi connectivity index (χ3v) is 5.18. The number of nitrogens with one attached hydrogen (secondary N) is 2. The standard InChI is InChI=1S/C22H20N2.ClH/c1-2-5-16-14-17(9-8-15(16)4-1)18-6-3-7-21-22(18)19-10-12-23-13-11-20(19)24-21;/h1-9,14,23-24H,10-13H2;1H. The summed E-state index contributed by atoms with van der Waals surface area (Å²) in [4.78, 5) is 3.66. The van der Waals surface area contributed by atoms with Crippen LogP contribution in [0.3, 0.4) is 0 Å². The number of rotatable bonds is 1. The molecular formula is C22H21ClN2. The highest BCUT2D eigenvalue weighted by Gasteiger charge is 2.17. The minimum absolute atomic E-state index is 0. The molecule has 0 fully saturated rings. The van der Waals surface area contributed by atoms with Gasteiger partial charge in [0.15, 0.2) is 0 Å². The zero-order chi connectivity index (χ0) is 15.9. The molecule has 126 valence electrons. The third kappa shape index (κ3) is 2.72. The highest BCUT2D eigenvalue weighted by atomic mass is 35.5. The molecule has 0 radical (unpaired) electrons. The Morgan fingerprint density at radius 1 is 0.760 bits per heavy atom. The Kier molecular flexibility index (Phi) is 4.24. The summed E-state index contributed by atoms with van der Waals surface area (Å²) in [6.07, 6.45) is 2.18. The average Bonchev–Trinajstić information content (AvgIpc) is 2.83. The third-order valence-electron chi connectivity index (χ3n) is 5.18. The van der Waals surface area contributed by atoms with Gasteiger partial charge in [0.25, 0.3) is 0 Å². The minimum Gasteiger partial charge on any atom is -0.358 e. The van der Waals surface area contributed by atoms with Crippen molar-refractivity contribution in [2.45, 2.75) is 12.8 Å². The molecule has 3 heteroatoms. The minimum atomic E-state index is 0. The van der Waals surface area contributed by atoms with Crippen molar-refractivity contribution < 1.29 is 0 Å². The van der Waals surface area contributed by atoms with Gasteiger partial charge in [0, 0.05) is 29.6 Å². The van der Waals surface area contributed by atoms with E-state index in [1.807, 2.05) is 0 Å². The first-order chi connectivity index (χ1) is 11.9. The van der Waals surface area contributed by atoms with Gasteiger partial charge in [-0.3, -0.25) is 0 Å². The molecule has 0 aliphatic carbocycles. The Labute approximate surface area is 153 Å². The average molecular weight is 349 g/mol. The predicted molar refractivity (Wildman–Crippen MR) is 109 cm³/mol. The van der Waals surface area contributed by atoms with Gasteiger partial charge in [-0.05, 0) is 52.6 Å². The van der Waals surface area contributed by atoms with Crippen LogP contribution < -0.4 is 5.32 Å². The van der Waals surface area contributed by atoms with Crippen LogP contribution >= 0.6 is 12.4 Å². The largest absolute Gasteiger partial charge is 0.358 e. The van der Waals surface area contributed by atoms with Gasteiger partial charge in [-0.2, -0.15) is 0 Å². The Morgan fingerprint density at radius 3 is 2.52 bits per heavy atom. The summed E-state index contributed by atoms with van der Waals surface area (Å²) in [5.41, 5.74) is 6.82. The first-order valence-electron chi connectivity index (χ1n) is 8.72. The summed E-state index contributed by atoms with van der Waals surface area (Å²) in [5.74, 6) is 0. The number of hydrogen-bond donors (Lipinski definition) is 2. The molecule has 0 saturated carbocycles. The van der Waals surface area contributed by atoms with Crippen LogP contribution in [0.1, 0.15) is 11.3 Å². The Morgan fingerprint density at radius 2 is 1.60 bits per heavy atom. The van der Waals surface area contributed by atoms with Gasteiger partial charge in [0.05, 0.1) is 0 Å². The molecule has 0 amide bonds. The highest BCUT2D eigenvalue weighted by Crippen LogP contribution is 2.35. The molecule has 2 nitrogen and oxygen atoms in total. The molecule has 1 aromatic heterocycles. The molecule has 0 spiro atoms. The fourth-order valence-electron chi connectivity index (χ4n) is 4.01. The second-order valence-corrected chi connectivity index (χ2v) is 6.62. The van der Waals surface area contributed by atoms with Gasteiger partial charge in [0.1, 0.15) is 0 Å². The van der Waals surface area contributed by atoms with Crippen molar-refractivity contribution in [2.75, 3.05) is 13.1 Å². The smallest absolute Gasteiger partial charge is 0.0465 e. The number of aromatic nitrogens is 1. The lowest BCUT2D eigenvalue weighted by Gasteiger charge is -2.08. The number of halogens is 1. The van der Waals surface area contributed by atoms with Crippen molar-refractivity contribution in [2.24, 2.45) is 0 Å². The summed E-state index contributed by atoms with van der Waals surface area (Å²) in [6.45, 7) is 2.12. The monoisotopic (exact) mass is 348 g/mol. The van der Waals surface area contributed by atoms with Crippen LogP contribution in [0, 0.1) is 0 Å². The second-order valence-electron chi connectivity index (χ2n) is 6.62. The van der Waals surface area contributed by atoms with Gasteiger partial charge in [-0.15, -0.1) is 12.4 Å². The van der Waals surface area contributed by atoms with E-state index in [1.165, 1.54) is 44.1 Å². The van der Waals surface area contributed by atoms with E-state index in [0.717, 1.165) is 25.9 Å². The van der Waals surface area contributed by atoms with E-state index in [-0.39, 0.29) is 12.4 Å². The predicted octanol–water partition coefficient (Wildman–Crippen LogP) is 5.10. The zero-order valence-electron chi connectivity index (χ0n) is 14.0. The van der Waals surface area contributed by atoms with Gasteiger partial charge in [0.2, 0.25) is 0 Å². The van der Waals surface area contributed by atoms with Crippen LogP contribution in [0.2, 0.25) is 0 Å². The molecule has 1 aliphatic heterocycles. The van der Waals surface area contributed by atoms with E-state index in [4.69, 9.17) is 0 Å². The zero-order valence-corrected chi connectivity index (χ0v) is 14.8. The van der Waals surface area contributed by atoms with Crippen molar-refractivity contribution in [1.82, 2.24) is 10.3 Å². The summed E-state index contributed by atoms with van der Waals surface area (Å²) in [7, 11) is 0. The molecular weight excluding hydrogens is 328 g/mol. The lowest BCUT2D eigenvalue weighted by molar-refractivity contribution is 0.708. The summed E-state index contributed by atoms with van der Waals surface area (Å²) in [5, 5.41) is 7.52. The van der Waals surface area contributed by atoms with E-state index >= 15 is 0 Å². The first-order valence-corrected chi connectivity index (χ1v) is 8.72. The van der Waals surface area contributed by atoms with Crippen molar-refractivity contribution in [3.05, 3.63) is 71.9 Å². The number of H-pyrrole nitrogens is 1. The van der Waals surface area contributed by atoms with E-state index in [9.17, 15) is 0 Å². The fourth-order valence-corrected chi connectivity index (χ4v) is 4.01. The van der Waals surface area contributed by atoms with Crippen LogP contribution in [0.15, 0.2) is 60.7 Å². The van der Waals surface area contributed by atoms with Crippen LogP contribution in [-0.4, -0.2) is 18.1 Å².